The van der Waals surface area contributed by atoms with Crippen LogP contribution in [0.2, 0.25) is 5.02 Å². The molecule has 0 aliphatic rings. The van der Waals surface area contributed by atoms with Crippen molar-refractivity contribution in [1.82, 2.24) is 15.1 Å². The number of halogens is 1. The molecule has 7 nitrogen and oxygen atoms in total. The number of hydrogen-bond donors (Lipinski definition) is 2. The van der Waals surface area contributed by atoms with Gasteiger partial charge < -0.3 is 10.4 Å². The molecule has 0 unspecified atom stereocenters. The van der Waals surface area contributed by atoms with Crippen molar-refractivity contribution in [2.24, 2.45) is 0 Å². The first-order valence-corrected chi connectivity index (χ1v) is 12.6. The quantitative estimate of drug-likeness (QED) is 0.249. The Balaban J connectivity index is 1.56. The number of hydrogen-bond acceptors (Lipinski definition) is 4. The van der Waals surface area contributed by atoms with Gasteiger partial charge >= 0.3 is 5.97 Å². The minimum Gasteiger partial charge on any atom is -0.478 e. The first kappa shape index (κ1) is 25.7. The molecular weight excluding hydrogens is 512 g/mol. The lowest BCUT2D eigenvalue weighted by atomic mass is 9.98. The number of carbonyl (C=O) groups is 2. The van der Waals surface area contributed by atoms with Gasteiger partial charge in [0.2, 0.25) is 0 Å². The lowest BCUT2D eigenvalue weighted by Gasteiger charge is -2.17. The molecule has 1 heterocycles. The highest BCUT2D eigenvalue weighted by molar-refractivity contribution is 6.30. The van der Waals surface area contributed by atoms with Gasteiger partial charge in [0.15, 0.2) is 0 Å². The Hall–Kier alpha value is -4.93. The molecule has 192 valence electrons. The van der Waals surface area contributed by atoms with Crippen LogP contribution < -0.4 is 5.32 Å². The molecule has 1 aromatic heterocycles. The molecule has 0 fully saturated rings. The van der Waals surface area contributed by atoms with Crippen LogP contribution in [0.3, 0.4) is 0 Å². The van der Waals surface area contributed by atoms with Crippen molar-refractivity contribution in [2.75, 3.05) is 0 Å². The van der Waals surface area contributed by atoms with E-state index in [1.165, 1.54) is 12.1 Å². The molecule has 8 heteroatoms. The molecule has 0 aliphatic carbocycles. The maximum absolute atomic E-state index is 13.8. The van der Waals surface area contributed by atoms with Gasteiger partial charge in [-0.15, -0.1) is 0 Å². The van der Waals surface area contributed by atoms with E-state index in [-0.39, 0.29) is 17.5 Å². The molecule has 0 aliphatic heterocycles. The lowest BCUT2D eigenvalue weighted by molar-refractivity contribution is 0.0696. The number of carboxylic acids is 1. The third-order valence-corrected chi connectivity index (χ3v) is 6.77. The second-order valence-electron chi connectivity index (χ2n) is 9.21. The van der Waals surface area contributed by atoms with Crippen LogP contribution in [-0.4, -0.2) is 26.8 Å². The first-order chi connectivity index (χ1) is 18.8. The molecule has 5 rings (SSSR count). The van der Waals surface area contributed by atoms with E-state index in [0.717, 1.165) is 27.6 Å². The summed E-state index contributed by atoms with van der Waals surface area (Å²) in [4.78, 5) is 25.0. The highest BCUT2D eigenvalue weighted by atomic mass is 35.5. The predicted molar refractivity (Wildman–Crippen MR) is 150 cm³/mol. The molecule has 1 amide bonds. The summed E-state index contributed by atoms with van der Waals surface area (Å²) in [5.41, 5.74) is 5.10. The molecule has 0 spiro atoms. The Morgan fingerprint density at radius 3 is 2.51 bits per heavy atom. The van der Waals surface area contributed by atoms with Crippen molar-refractivity contribution in [3.8, 4) is 17.2 Å². The van der Waals surface area contributed by atoms with Gasteiger partial charge in [-0.1, -0.05) is 48.0 Å². The van der Waals surface area contributed by atoms with E-state index in [4.69, 9.17) is 11.6 Å². The van der Waals surface area contributed by atoms with Crippen LogP contribution in [0.15, 0.2) is 91.1 Å². The van der Waals surface area contributed by atoms with E-state index in [9.17, 15) is 20.0 Å². The summed E-state index contributed by atoms with van der Waals surface area (Å²) in [6, 6.07) is 26.7. The number of nitriles is 1. The Labute approximate surface area is 229 Å². The average molecular weight is 535 g/mol. The van der Waals surface area contributed by atoms with Crippen LogP contribution in [0.5, 0.6) is 0 Å². The normalized spacial score (nSPS) is 11.6. The molecule has 4 aromatic carbocycles. The molecule has 0 saturated heterocycles. The zero-order valence-corrected chi connectivity index (χ0v) is 21.7. The number of fused-ring (bicyclic) bond motifs is 1. The molecular formula is C31H23ClN4O3. The van der Waals surface area contributed by atoms with Crippen LogP contribution in [-0.2, 0) is 6.54 Å². The van der Waals surface area contributed by atoms with E-state index < -0.39 is 5.97 Å². The van der Waals surface area contributed by atoms with Gasteiger partial charge in [0.25, 0.3) is 5.91 Å². The summed E-state index contributed by atoms with van der Waals surface area (Å²) in [7, 11) is 0. The standard InChI is InChI=1S/C31H23ClN4O3/c1-19(22-8-10-23(11-9-22)31(38)39)35-30(37)28-15-25(24-6-2-4-20(12-24)16-33)14-26-17-34-36(29(26)28)18-21-5-3-7-27(32)13-21/h2-15,17,19H,18H2,1H3,(H,35,37)(H,38,39)/t19-/m0/s1. The van der Waals surface area contributed by atoms with E-state index in [0.29, 0.717) is 28.2 Å². The zero-order valence-electron chi connectivity index (χ0n) is 20.9. The van der Waals surface area contributed by atoms with Gasteiger partial charge in [-0.3, -0.25) is 9.48 Å². The van der Waals surface area contributed by atoms with Gasteiger partial charge in [0, 0.05) is 10.4 Å². The Morgan fingerprint density at radius 1 is 1.03 bits per heavy atom. The smallest absolute Gasteiger partial charge is 0.335 e. The van der Waals surface area contributed by atoms with E-state index in [1.54, 1.807) is 41.2 Å². The van der Waals surface area contributed by atoms with Gasteiger partial charge in [-0.25, -0.2) is 4.79 Å². The number of carboxylic acid groups (broad SMARTS) is 1. The van der Waals surface area contributed by atoms with Gasteiger partial charge in [0.05, 0.1) is 47.1 Å². The zero-order chi connectivity index (χ0) is 27.5. The Kier molecular flexibility index (Phi) is 7.13. The summed E-state index contributed by atoms with van der Waals surface area (Å²) in [5.74, 6) is -1.31. The first-order valence-electron chi connectivity index (χ1n) is 12.2. The largest absolute Gasteiger partial charge is 0.478 e. The third-order valence-electron chi connectivity index (χ3n) is 6.53. The molecule has 5 aromatic rings. The molecule has 39 heavy (non-hydrogen) atoms. The van der Waals surface area contributed by atoms with E-state index in [1.807, 2.05) is 49.4 Å². The fourth-order valence-corrected chi connectivity index (χ4v) is 4.75. The highest BCUT2D eigenvalue weighted by Crippen LogP contribution is 2.30. The van der Waals surface area contributed by atoms with Crippen LogP contribution in [0, 0.1) is 11.3 Å². The molecule has 0 saturated carbocycles. The maximum atomic E-state index is 13.8. The van der Waals surface area contributed by atoms with Crippen molar-refractivity contribution < 1.29 is 14.7 Å². The predicted octanol–water partition coefficient (Wildman–Crippen LogP) is 6.47. The fraction of sp³-hybridized carbons (Fsp3) is 0.0968. The number of carbonyl (C=O) groups excluding carboxylic acids is 1. The van der Waals surface area contributed by atoms with Crippen molar-refractivity contribution in [3.63, 3.8) is 0 Å². The molecule has 1 atom stereocenters. The highest BCUT2D eigenvalue weighted by Gasteiger charge is 2.20. The molecule has 2 N–H and O–H groups in total. The minimum atomic E-state index is -1.01. The SMILES string of the molecule is C[C@H](NC(=O)c1cc(-c2cccc(C#N)c2)cc2cnn(Cc3cccc(Cl)c3)c12)c1ccc(C(=O)O)cc1. The number of nitrogens with zero attached hydrogens (tertiary/aromatic N) is 3. The Morgan fingerprint density at radius 2 is 1.79 bits per heavy atom. The summed E-state index contributed by atoms with van der Waals surface area (Å²) in [5, 5.41) is 27.6. The summed E-state index contributed by atoms with van der Waals surface area (Å²) >= 11 is 6.19. The number of benzene rings is 4. The monoisotopic (exact) mass is 534 g/mol. The van der Waals surface area contributed by atoms with Crippen molar-refractivity contribution in [1.29, 1.82) is 5.26 Å². The molecule has 0 bridgehead atoms. The summed E-state index contributed by atoms with van der Waals surface area (Å²) in [6.07, 6.45) is 1.72. The average Bonchev–Trinajstić information content (AvgIpc) is 3.35. The van der Waals surface area contributed by atoms with Crippen molar-refractivity contribution >= 4 is 34.4 Å². The van der Waals surface area contributed by atoms with Crippen molar-refractivity contribution in [2.45, 2.75) is 19.5 Å². The number of amides is 1. The summed E-state index contributed by atoms with van der Waals surface area (Å²) < 4.78 is 1.78. The fourth-order valence-electron chi connectivity index (χ4n) is 4.54. The number of nitrogens with one attached hydrogen (secondary N) is 1. The second kappa shape index (κ2) is 10.8. The minimum absolute atomic E-state index is 0.177. The molecule has 0 radical (unpaired) electrons. The lowest BCUT2D eigenvalue weighted by Crippen LogP contribution is -2.27. The third kappa shape index (κ3) is 5.52. The van der Waals surface area contributed by atoms with Crippen LogP contribution in [0.4, 0.5) is 0 Å². The Bertz CT molecular complexity index is 1750. The topological polar surface area (TPSA) is 108 Å². The second-order valence-corrected chi connectivity index (χ2v) is 9.65. The van der Waals surface area contributed by atoms with Gasteiger partial charge in [-0.2, -0.15) is 10.4 Å². The summed E-state index contributed by atoms with van der Waals surface area (Å²) in [6.45, 7) is 2.26. The van der Waals surface area contributed by atoms with E-state index in [2.05, 4.69) is 16.5 Å². The van der Waals surface area contributed by atoms with E-state index >= 15 is 0 Å². The number of aromatic carboxylic acids is 1. The number of rotatable bonds is 7. The van der Waals surface area contributed by atoms with Crippen LogP contribution in [0.1, 0.15) is 50.4 Å². The van der Waals surface area contributed by atoms with Gasteiger partial charge in [0.1, 0.15) is 0 Å². The maximum Gasteiger partial charge on any atom is 0.335 e. The van der Waals surface area contributed by atoms with Crippen molar-refractivity contribution in [3.05, 3.63) is 124 Å². The number of aromatic nitrogens is 2. The van der Waals surface area contributed by atoms with Gasteiger partial charge in [-0.05, 0) is 77.7 Å². The van der Waals surface area contributed by atoms with Crippen LogP contribution >= 0.6 is 11.6 Å². The van der Waals surface area contributed by atoms with Crippen LogP contribution in [0.25, 0.3) is 22.0 Å².